The van der Waals surface area contributed by atoms with Crippen molar-refractivity contribution < 1.29 is 9.47 Å². The van der Waals surface area contributed by atoms with E-state index in [9.17, 15) is 0 Å². The average Bonchev–Trinajstić information content (AvgIpc) is 3.22. The third-order valence-electron chi connectivity index (χ3n) is 5.13. The van der Waals surface area contributed by atoms with Crippen LogP contribution in [0.4, 0.5) is 0 Å². The first-order valence-electron chi connectivity index (χ1n) is 8.89. The van der Waals surface area contributed by atoms with Crippen LogP contribution >= 0.6 is 0 Å². The molecule has 0 unspecified atom stereocenters. The van der Waals surface area contributed by atoms with Gasteiger partial charge in [0.15, 0.2) is 5.79 Å². The zero-order valence-corrected chi connectivity index (χ0v) is 14.3. The maximum atomic E-state index is 6.05. The van der Waals surface area contributed by atoms with Crippen LogP contribution in [-0.2, 0) is 28.4 Å². The van der Waals surface area contributed by atoms with Gasteiger partial charge in [0, 0.05) is 25.1 Å². The Hall–Kier alpha value is -1.68. The summed E-state index contributed by atoms with van der Waals surface area (Å²) in [6, 6.07) is 17.3. The van der Waals surface area contributed by atoms with Gasteiger partial charge in [0.05, 0.1) is 13.2 Å². The van der Waals surface area contributed by atoms with Crippen LogP contribution in [0.1, 0.15) is 35.1 Å². The number of rotatable bonds is 5. The molecule has 0 saturated carbocycles. The second-order valence-electron chi connectivity index (χ2n) is 6.90. The summed E-state index contributed by atoms with van der Waals surface area (Å²) in [6.07, 6.45) is 1.98. The van der Waals surface area contributed by atoms with E-state index in [4.69, 9.17) is 9.47 Å². The van der Waals surface area contributed by atoms with Crippen LogP contribution < -0.4 is 0 Å². The van der Waals surface area contributed by atoms with E-state index in [-0.39, 0.29) is 0 Å². The van der Waals surface area contributed by atoms with Gasteiger partial charge in [-0.3, -0.25) is 4.90 Å². The third kappa shape index (κ3) is 3.12. The van der Waals surface area contributed by atoms with Gasteiger partial charge >= 0.3 is 0 Å². The predicted molar refractivity (Wildman–Crippen MR) is 94.6 cm³/mol. The molecule has 0 spiro atoms. The Morgan fingerprint density at radius 3 is 2.17 bits per heavy atom. The largest absolute Gasteiger partial charge is 0.343 e. The van der Waals surface area contributed by atoms with Crippen LogP contribution in [0.5, 0.6) is 0 Å². The zero-order valence-electron chi connectivity index (χ0n) is 14.3. The lowest BCUT2D eigenvalue weighted by atomic mass is 9.99. The van der Waals surface area contributed by atoms with Crippen LogP contribution in [0, 0.1) is 6.92 Å². The Balaban J connectivity index is 1.38. The van der Waals surface area contributed by atoms with Crippen molar-refractivity contribution in [3.63, 3.8) is 0 Å². The molecule has 0 N–H and O–H groups in total. The van der Waals surface area contributed by atoms with Crippen molar-refractivity contribution in [2.45, 2.75) is 38.6 Å². The second-order valence-corrected chi connectivity index (χ2v) is 6.90. The van der Waals surface area contributed by atoms with Crippen LogP contribution in [0.3, 0.4) is 0 Å². The van der Waals surface area contributed by atoms with Gasteiger partial charge in [0.1, 0.15) is 0 Å². The standard InChI is InChI=1S/C21H25NO2/c1-17-7-9-20(10-8-17)21(23-13-14-24-21)11-4-12-22-15-18-5-2-3-6-19(18)16-22/h2-3,5-10H,4,11-16H2,1H3. The Morgan fingerprint density at radius 1 is 0.917 bits per heavy atom. The molecule has 2 aromatic rings. The summed E-state index contributed by atoms with van der Waals surface area (Å²) in [4.78, 5) is 2.52. The molecule has 2 aliphatic heterocycles. The Morgan fingerprint density at radius 2 is 1.54 bits per heavy atom. The van der Waals surface area contributed by atoms with E-state index in [1.165, 1.54) is 16.7 Å². The SMILES string of the molecule is Cc1ccc(C2(CCCN3Cc4ccccc4C3)OCCO2)cc1. The van der Waals surface area contributed by atoms with Crippen molar-refractivity contribution in [2.75, 3.05) is 19.8 Å². The van der Waals surface area contributed by atoms with Crippen LogP contribution in [0.2, 0.25) is 0 Å². The van der Waals surface area contributed by atoms with Gasteiger partial charge < -0.3 is 9.47 Å². The smallest absolute Gasteiger partial charge is 0.195 e. The fourth-order valence-electron chi connectivity index (χ4n) is 3.81. The highest BCUT2D eigenvalue weighted by molar-refractivity contribution is 5.30. The molecule has 2 aliphatic rings. The number of nitrogens with zero attached hydrogens (tertiary/aromatic N) is 1. The highest BCUT2D eigenvalue weighted by Crippen LogP contribution is 2.36. The molecule has 3 heteroatoms. The van der Waals surface area contributed by atoms with E-state index < -0.39 is 5.79 Å². The molecule has 1 saturated heterocycles. The molecule has 0 aromatic heterocycles. The van der Waals surface area contributed by atoms with Gasteiger partial charge in [-0.05, 0) is 31.0 Å². The topological polar surface area (TPSA) is 21.7 Å². The lowest BCUT2D eigenvalue weighted by molar-refractivity contribution is -0.172. The minimum Gasteiger partial charge on any atom is -0.343 e. The van der Waals surface area contributed by atoms with E-state index in [0.717, 1.165) is 38.0 Å². The molecule has 126 valence electrons. The minimum absolute atomic E-state index is 0.541. The van der Waals surface area contributed by atoms with Gasteiger partial charge in [-0.1, -0.05) is 54.1 Å². The molecule has 0 amide bonds. The Bertz CT molecular complexity index is 664. The van der Waals surface area contributed by atoms with Crippen LogP contribution in [0.25, 0.3) is 0 Å². The van der Waals surface area contributed by atoms with Crippen LogP contribution in [-0.4, -0.2) is 24.7 Å². The highest BCUT2D eigenvalue weighted by atomic mass is 16.7. The minimum atomic E-state index is -0.541. The first-order chi connectivity index (χ1) is 11.8. The first kappa shape index (κ1) is 15.8. The monoisotopic (exact) mass is 323 g/mol. The summed E-state index contributed by atoms with van der Waals surface area (Å²) < 4.78 is 12.1. The highest BCUT2D eigenvalue weighted by Gasteiger charge is 2.38. The second kappa shape index (κ2) is 6.67. The molecular weight excluding hydrogens is 298 g/mol. The fraction of sp³-hybridized carbons (Fsp3) is 0.429. The van der Waals surface area contributed by atoms with E-state index >= 15 is 0 Å². The van der Waals surface area contributed by atoms with E-state index in [2.05, 4.69) is 60.4 Å². The number of fused-ring (bicyclic) bond motifs is 1. The van der Waals surface area contributed by atoms with E-state index in [1.54, 1.807) is 0 Å². The lowest BCUT2D eigenvalue weighted by Crippen LogP contribution is -2.29. The number of hydrogen-bond acceptors (Lipinski definition) is 3. The molecule has 4 rings (SSSR count). The molecule has 1 fully saturated rings. The number of ether oxygens (including phenoxy) is 2. The Kier molecular flexibility index (Phi) is 4.40. The summed E-state index contributed by atoms with van der Waals surface area (Å²) in [6.45, 7) is 6.68. The quantitative estimate of drug-likeness (QED) is 0.830. The molecule has 0 aliphatic carbocycles. The van der Waals surface area contributed by atoms with Crippen molar-refractivity contribution in [1.29, 1.82) is 0 Å². The Labute approximate surface area is 144 Å². The molecule has 2 heterocycles. The molecule has 0 bridgehead atoms. The summed E-state index contributed by atoms with van der Waals surface area (Å²) in [5.41, 5.74) is 5.36. The van der Waals surface area contributed by atoms with E-state index in [0.29, 0.717) is 13.2 Å². The summed E-state index contributed by atoms with van der Waals surface area (Å²) >= 11 is 0. The van der Waals surface area contributed by atoms with Gasteiger partial charge in [-0.25, -0.2) is 0 Å². The lowest BCUT2D eigenvalue weighted by Gasteiger charge is -2.29. The van der Waals surface area contributed by atoms with Crippen molar-refractivity contribution in [2.24, 2.45) is 0 Å². The number of aryl methyl sites for hydroxylation is 1. The van der Waals surface area contributed by atoms with Crippen molar-refractivity contribution in [3.05, 3.63) is 70.8 Å². The van der Waals surface area contributed by atoms with Crippen molar-refractivity contribution in [3.8, 4) is 0 Å². The molecule has 2 aromatic carbocycles. The van der Waals surface area contributed by atoms with Gasteiger partial charge in [-0.15, -0.1) is 0 Å². The maximum absolute atomic E-state index is 6.05. The van der Waals surface area contributed by atoms with Gasteiger partial charge in [0.2, 0.25) is 0 Å². The first-order valence-corrected chi connectivity index (χ1v) is 8.89. The summed E-state index contributed by atoms with van der Waals surface area (Å²) in [5, 5.41) is 0. The van der Waals surface area contributed by atoms with Crippen molar-refractivity contribution >= 4 is 0 Å². The summed E-state index contributed by atoms with van der Waals surface area (Å²) in [7, 11) is 0. The van der Waals surface area contributed by atoms with E-state index in [1.807, 2.05) is 0 Å². The fourth-order valence-corrected chi connectivity index (χ4v) is 3.81. The molecule has 0 radical (unpaired) electrons. The maximum Gasteiger partial charge on any atom is 0.195 e. The summed E-state index contributed by atoms with van der Waals surface area (Å²) in [5.74, 6) is -0.541. The van der Waals surface area contributed by atoms with Gasteiger partial charge in [-0.2, -0.15) is 0 Å². The number of benzene rings is 2. The molecular formula is C21H25NO2. The zero-order chi connectivity index (χ0) is 16.4. The molecule has 3 nitrogen and oxygen atoms in total. The van der Waals surface area contributed by atoms with Crippen molar-refractivity contribution in [1.82, 2.24) is 4.90 Å². The van der Waals surface area contributed by atoms with Crippen LogP contribution in [0.15, 0.2) is 48.5 Å². The van der Waals surface area contributed by atoms with Gasteiger partial charge in [0.25, 0.3) is 0 Å². The molecule has 0 atom stereocenters. The number of hydrogen-bond donors (Lipinski definition) is 0. The normalized spacial score (nSPS) is 19.5. The predicted octanol–water partition coefficient (Wildman–Crippen LogP) is 3.99. The molecule has 24 heavy (non-hydrogen) atoms. The third-order valence-corrected chi connectivity index (χ3v) is 5.13. The average molecular weight is 323 g/mol.